The minimum Gasteiger partial charge on any atom is -0.493 e. The van der Waals surface area contributed by atoms with Gasteiger partial charge in [0.1, 0.15) is 0 Å². The Morgan fingerprint density at radius 1 is 1.13 bits per heavy atom. The maximum atomic E-state index is 12.6. The van der Waals surface area contributed by atoms with Crippen LogP contribution in [0.15, 0.2) is 42.5 Å². The summed E-state index contributed by atoms with van der Waals surface area (Å²) in [6, 6.07) is 13.5. The van der Waals surface area contributed by atoms with Crippen molar-refractivity contribution in [2.75, 3.05) is 27.3 Å². The number of carbonyl (C=O) groups is 2. The number of amides is 3. The molecule has 0 aromatic heterocycles. The van der Waals surface area contributed by atoms with Gasteiger partial charge in [-0.15, -0.1) is 0 Å². The summed E-state index contributed by atoms with van der Waals surface area (Å²) in [7, 11) is 3.24. The quantitative estimate of drug-likeness (QED) is 0.712. The highest BCUT2D eigenvalue weighted by atomic mass is 16.5. The van der Waals surface area contributed by atoms with Gasteiger partial charge in [-0.2, -0.15) is 0 Å². The lowest BCUT2D eigenvalue weighted by atomic mass is 9.87. The fourth-order valence-electron chi connectivity index (χ4n) is 3.91. The predicted octanol–water partition coefficient (Wildman–Crippen LogP) is 3.28. The number of imide groups is 1. The number of ether oxygens (including phenoxy) is 2. The number of hydrogen-bond acceptors (Lipinski definition) is 5. The number of nitrogens with one attached hydrogen (secondary N) is 2. The van der Waals surface area contributed by atoms with Crippen molar-refractivity contribution >= 4 is 11.9 Å². The zero-order valence-corrected chi connectivity index (χ0v) is 18.6. The summed E-state index contributed by atoms with van der Waals surface area (Å²) in [6.07, 6.45) is 1.57. The maximum Gasteiger partial charge on any atom is 0.321 e. The summed E-state index contributed by atoms with van der Waals surface area (Å²) < 4.78 is 11.0. The number of fused-ring (bicyclic) bond motifs is 1. The second-order valence-corrected chi connectivity index (χ2v) is 7.77. The molecule has 1 aliphatic rings. The van der Waals surface area contributed by atoms with Gasteiger partial charge in [-0.3, -0.25) is 15.0 Å². The van der Waals surface area contributed by atoms with Crippen molar-refractivity contribution in [2.45, 2.75) is 38.8 Å². The first-order chi connectivity index (χ1) is 15.0. The van der Waals surface area contributed by atoms with Crippen molar-refractivity contribution in [2.24, 2.45) is 0 Å². The maximum absolute atomic E-state index is 12.6. The molecule has 166 valence electrons. The largest absolute Gasteiger partial charge is 0.493 e. The molecule has 1 aliphatic heterocycles. The van der Waals surface area contributed by atoms with E-state index in [2.05, 4.69) is 27.7 Å². The van der Waals surface area contributed by atoms with Crippen LogP contribution in [0.25, 0.3) is 0 Å². The molecule has 0 bridgehead atoms. The normalized spacial score (nSPS) is 16.7. The van der Waals surface area contributed by atoms with Crippen LogP contribution in [0.4, 0.5) is 4.79 Å². The standard InChI is InChI=1S/C24H31N3O4/c1-5-16(2)25-24(29)26-22(28)15-27-12-11-18-13-20(30-3)21(31-4)14-19(18)23(27)17-9-7-6-8-10-17/h6-10,13-14,16,23H,5,11-12,15H2,1-4H3,(H2,25,26,28,29)/t16-,23+/m1/s1. The number of hydrogen-bond donors (Lipinski definition) is 2. The molecular formula is C24H31N3O4. The van der Waals surface area contributed by atoms with Gasteiger partial charge in [0, 0.05) is 12.6 Å². The number of carbonyl (C=O) groups excluding carboxylic acids is 2. The Labute approximate surface area is 183 Å². The summed E-state index contributed by atoms with van der Waals surface area (Å²) >= 11 is 0. The first kappa shape index (κ1) is 22.6. The van der Waals surface area contributed by atoms with Crippen LogP contribution in [0.5, 0.6) is 11.5 Å². The van der Waals surface area contributed by atoms with E-state index < -0.39 is 6.03 Å². The summed E-state index contributed by atoms with van der Waals surface area (Å²) in [5.74, 6) is 1.02. The molecule has 2 aromatic carbocycles. The molecule has 0 saturated heterocycles. The Morgan fingerprint density at radius 2 is 1.81 bits per heavy atom. The van der Waals surface area contributed by atoms with Gasteiger partial charge in [0.2, 0.25) is 5.91 Å². The van der Waals surface area contributed by atoms with Crippen LogP contribution < -0.4 is 20.1 Å². The van der Waals surface area contributed by atoms with E-state index in [4.69, 9.17) is 9.47 Å². The molecule has 7 nitrogen and oxygen atoms in total. The van der Waals surface area contributed by atoms with Crippen LogP contribution in [-0.2, 0) is 11.2 Å². The number of rotatable bonds is 7. The van der Waals surface area contributed by atoms with Crippen molar-refractivity contribution in [1.29, 1.82) is 0 Å². The molecule has 7 heteroatoms. The molecule has 0 spiro atoms. The zero-order valence-electron chi connectivity index (χ0n) is 18.6. The molecule has 0 saturated carbocycles. The van der Waals surface area contributed by atoms with Crippen molar-refractivity contribution in [1.82, 2.24) is 15.5 Å². The number of urea groups is 1. The monoisotopic (exact) mass is 425 g/mol. The molecule has 0 unspecified atom stereocenters. The number of benzene rings is 2. The van der Waals surface area contributed by atoms with E-state index in [1.807, 2.05) is 44.2 Å². The van der Waals surface area contributed by atoms with Gasteiger partial charge in [0.05, 0.1) is 26.8 Å². The summed E-state index contributed by atoms with van der Waals surface area (Å²) in [5, 5.41) is 5.22. The van der Waals surface area contributed by atoms with Crippen molar-refractivity contribution in [3.63, 3.8) is 0 Å². The van der Waals surface area contributed by atoms with Gasteiger partial charge in [0.25, 0.3) is 0 Å². The third kappa shape index (κ3) is 5.35. The van der Waals surface area contributed by atoms with Gasteiger partial charge in [-0.05, 0) is 48.6 Å². The smallest absolute Gasteiger partial charge is 0.321 e. The highest BCUT2D eigenvalue weighted by Crippen LogP contribution is 2.40. The highest BCUT2D eigenvalue weighted by Gasteiger charge is 2.31. The molecule has 3 amide bonds. The van der Waals surface area contributed by atoms with Crippen LogP contribution in [0.3, 0.4) is 0 Å². The lowest BCUT2D eigenvalue weighted by molar-refractivity contribution is -0.121. The van der Waals surface area contributed by atoms with Gasteiger partial charge < -0.3 is 14.8 Å². The second kappa shape index (κ2) is 10.3. The highest BCUT2D eigenvalue weighted by molar-refractivity contribution is 5.95. The van der Waals surface area contributed by atoms with E-state index in [1.165, 1.54) is 0 Å². The average Bonchev–Trinajstić information content (AvgIpc) is 2.78. The summed E-state index contributed by atoms with van der Waals surface area (Å²) in [6.45, 7) is 4.67. The van der Waals surface area contributed by atoms with E-state index in [1.54, 1.807) is 14.2 Å². The van der Waals surface area contributed by atoms with Gasteiger partial charge in [-0.25, -0.2) is 4.79 Å². The summed E-state index contributed by atoms with van der Waals surface area (Å²) in [4.78, 5) is 26.8. The van der Waals surface area contributed by atoms with Gasteiger partial charge in [-0.1, -0.05) is 37.3 Å². The van der Waals surface area contributed by atoms with E-state index in [0.717, 1.165) is 29.5 Å². The third-order valence-electron chi connectivity index (χ3n) is 5.68. The molecule has 2 aromatic rings. The molecule has 3 rings (SSSR count). The second-order valence-electron chi connectivity index (χ2n) is 7.77. The van der Waals surface area contributed by atoms with E-state index in [9.17, 15) is 9.59 Å². The Hall–Kier alpha value is -3.06. The van der Waals surface area contributed by atoms with Crippen LogP contribution in [0.2, 0.25) is 0 Å². The first-order valence-corrected chi connectivity index (χ1v) is 10.6. The topological polar surface area (TPSA) is 79.9 Å². The molecule has 0 aliphatic carbocycles. The summed E-state index contributed by atoms with van der Waals surface area (Å²) in [5.41, 5.74) is 3.32. The lowest BCUT2D eigenvalue weighted by Gasteiger charge is -2.37. The average molecular weight is 426 g/mol. The minimum atomic E-state index is -0.459. The van der Waals surface area contributed by atoms with E-state index in [0.29, 0.717) is 18.0 Å². The Morgan fingerprint density at radius 3 is 2.45 bits per heavy atom. The zero-order chi connectivity index (χ0) is 22.4. The molecule has 0 radical (unpaired) electrons. The lowest BCUT2D eigenvalue weighted by Crippen LogP contribution is -2.48. The SMILES string of the molecule is CC[C@@H](C)NC(=O)NC(=O)CN1CCc2cc(OC)c(OC)cc2[C@@H]1c1ccccc1. The molecule has 31 heavy (non-hydrogen) atoms. The molecule has 1 heterocycles. The molecule has 0 fully saturated rings. The fourth-order valence-corrected chi connectivity index (χ4v) is 3.91. The van der Waals surface area contributed by atoms with Crippen LogP contribution in [0.1, 0.15) is 43.0 Å². The molecule has 2 N–H and O–H groups in total. The Kier molecular flexibility index (Phi) is 7.52. The number of methoxy groups -OCH3 is 2. The molecule has 2 atom stereocenters. The Bertz CT molecular complexity index is 917. The third-order valence-corrected chi connectivity index (χ3v) is 5.68. The van der Waals surface area contributed by atoms with Crippen LogP contribution >= 0.6 is 0 Å². The van der Waals surface area contributed by atoms with Crippen LogP contribution in [-0.4, -0.2) is 50.2 Å². The van der Waals surface area contributed by atoms with Gasteiger partial charge >= 0.3 is 6.03 Å². The van der Waals surface area contributed by atoms with E-state index in [-0.39, 0.29) is 24.5 Å². The first-order valence-electron chi connectivity index (χ1n) is 10.6. The van der Waals surface area contributed by atoms with E-state index >= 15 is 0 Å². The minimum absolute atomic E-state index is 0.00850. The fraction of sp³-hybridized carbons (Fsp3) is 0.417. The van der Waals surface area contributed by atoms with Crippen molar-refractivity contribution < 1.29 is 19.1 Å². The van der Waals surface area contributed by atoms with Crippen LogP contribution in [0, 0.1) is 0 Å². The van der Waals surface area contributed by atoms with Gasteiger partial charge in [0.15, 0.2) is 11.5 Å². The predicted molar refractivity (Wildman–Crippen MR) is 120 cm³/mol. The van der Waals surface area contributed by atoms with Crippen molar-refractivity contribution in [3.05, 3.63) is 59.2 Å². The van der Waals surface area contributed by atoms with Crippen molar-refractivity contribution in [3.8, 4) is 11.5 Å². The Balaban J connectivity index is 1.87. The number of nitrogens with zero attached hydrogens (tertiary/aromatic N) is 1. The molecular weight excluding hydrogens is 394 g/mol.